The average Bonchev–Trinajstić information content (AvgIpc) is 2.21. The van der Waals surface area contributed by atoms with Crippen molar-refractivity contribution in [3.8, 4) is 6.07 Å². The molecule has 0 amide bonds. The number of hydrogen-bond donors (Lipinski definition) is 1. The summed E-state index contributed by atoms with van der Waals surface area (Å²) in [6, 6.07) is 5.38. The molecule has 0 saturated carbocycles. The SMILES string of the molecule is CC(Nc1cc(C#N)ccc1Cl)C(F)F. The minimum atomic E-state index is -2.48. The van der Waals surface area contributed by atoms with E-state index in [1.165, 1.54) is 25.1 Å². The van der Waals surface area contributed by atoms with Gasteiger partial charge in [-0.3, -0.25) is 0 Å². The summed E-state index contributed by atoms with van der Waals surface area (Å²) in [6.45, 7) is 1.35. The Labute approximate surface area is 91.5 Å². The van der Waals surface area contributed by atoms with Gasteiger partial charge in [-0.2, -0.15) is 5.26 Å². The number of nitriles is 1. The van der Waals surface area contributed by atoms with Gasteiger partial charge >= 0.3 is 0 Å². The monoisotopic (exact) mass is 230 g/mol. The minimum Gasteiger partial charge on any atom is -0.376 e. The Balaban J connectivity index is 2.89. The zero-order chi connectivity index (χ0) is 11.4. The fourth-order valence-electron chi connectivity index (χ4n) is 1.01. The largest absolute Gasteiger partial charge is 0.376 e. The Morgan fingerprint density at radius 2 is 2.13 bits per heavy atom. The van der Waals surface area contributed by atoms with Gasteiger partial charge in [0.1, 0.15) is 0 Å². The van der Waals surface area contributed by atoms with Gasteiger partial charge in [-0.25, -0.2) is 8.78 Å². The molecule has 1 unspecified atom stereocenters. The van der Waals surface area contributed by atoms with Gasteiger partial charge in [0.05, 0.1) is 28.4 Å². The van der Waals surface area contributed by atoms with Gasteiger partial charge in [0.15, 0.2) is 0 Å². The molecule has 0 spiro atoms. The van der Waals surface area contributed by atoms with Crippen LogP contribution in [0.25, 0.3) is 0 Å². The van der Waals surface area contributed by atoms with E-state index in [4.69, 9.17) is 16.9 Å². The molecule has 5 heteroatoms. The Morgan fingerprint density at radius 3 is 2.67 bits per heavy atom. The number of halogens is 3. The summed E-state index contributed by atoms with van der Waals surface area (Å²) in [4.78, 5) is 0. The molecule has 0 bridgehead atoms. The first-order chi connectivity index (χ1) is 7.04. The number of hydrogen-bond acceptors (Lipinski definition) is 2. The fraction of sp³-hybridized carbons (Fsp3) is 0.300. The maximum absolute atomic E-state index is 12.3. The quantitative estimate of drug-likeness (QED) is 0.865. The standard InChI is InChI=1S/C10H9ClF2N2/c1-6(10(12)13)15-9-4-7(5-14)2-3-8(9)11/h2-4,6,10,15H,1H3. The van der Waals surface area contributed by atoms with Gasteiger partial charge in [-0.15, -0.1) is 0 Å². The van der Waals surface area contributed by atoms with E-state index in [9.17, 15) is 8.78 Å². The lowest BCUT2D eigenvalue weighted by molar-refractivity contribution is 0.131. The summed E-state index contributed by atoms with van der Waals surface area (Å²) in [5, 5.41) is 11.5. The molecule has 0 radical (unpaired) electrons. The van der Waals surface area contributed by atoms with Gasteiger partial charge < -0.3 is 5.32 Å². The highest BCUT2D eigenvalue weighted by molar-refractivity contribution is 6.33. The number of rotatable bonds is 3. The van der Waals surface area contributed by atoms with Crippen LogP contribution in [0.3, 0.4) is 0 Å². The van der Waals surface area contributed by atoms with Gasteiger partial charge in [-0.1, -0.05) is 11.6 Å². The van der Waals surface area contributed by atoms with E-state index in [2.05, 4.69) is 5.32 Å². The van der Waals surface area contributed by atoms with Crippen molar-refractivity contribution in [3.63, 3.8) is 0 Å². The molecule has 2 nitrogen and oxygen atoms in total. The van der Waals surface area contributed by atoms with Crippen LogP contribution in [-0.2, 0) is 0 Å². The number of nitrogens with zero attached hydrogens (tertiary/aromatic N) is 1. The van der Waals surface area contributed by atoms with Crippen molar-refractivity contribution in [2.24, 2.45) is 0 Å². The van der Waals surface area contributed by atoms with Crippen molar-refractivity contribution in [2.45, 2.75) is 19.4 Å². The van der Waals surface area contributed by atoms with Crippen LogP contribution >= 0.6 is 11.6 Å². The molecule has 0 fully saturated rings. The van der Waals surface area contributed by atoms with Crippen LogP contribution < -0.4 is 5.32 Å². The molecule has 0 aromatic heterocycles. The van der Waals surface area contributed by atoms with Crippen LogP contribution in [-0.4, -0.2) is 12.5 Å². The second-order valence-electron chi connectivity index (χ2n) is 3.07. The van der Waals surface area contributed by atoms with Crippen LogP contribution in [0.4, 0.5) is 14.5 Å². The zero-order valence-corrected chi connectivity index (χ0v) is 8.72. The first-order valence-corrected chi connectivity index (χ1v) is 4.66. The van der Waals surface area contributed by atoms with E-state index in [1.807, 2.05) is 6.07 Å². The summed E-state index contributed by atoms with van der Waals surface area (Å²) in [6.07, 6.45) is -2.48. The van der Waals surface area contributed by atoms with Gasteiger partial charge in [-0.05, 0) is 25.1 Å². The Morgan fingerprint density at radius 1 is 1.47 bits per heavy atom. The molecule has 0 aliphatic carbocycles. The summed E-state index contributed by atoms with van der Waals surface area (Å²) in [7, 11) is 0. The number of nitrogens with one attached hydrogen (secondary N) is 1. The van der Waals surface area contributed by atoms with Crippen LogP contribution in [0.2, 0.25) is 5.02 Å². The van der Waals surface area contributed by atoms with Crippen molar-refractivity contribution < 1.29 is 8.78 Å². The summed E-state index contributed by atoms with van der Waals surface area (Å²) < 4.78 is 24.5. The first-order valence-electron chi connectivity index (χ1n) is 4.29. The second kappa shape index (κ2) is 4.94. The molecule has 1 N–H and O–H groups in total. The van der Waals surface area contributed by atoms with Crippen molar-refractivity contribution in [3.05, 3.63) is 28.8 Å². The highest BCUT2D eigenvalue weighted by atomic mass is 35.5. The number of anilines is 1. The molecule has 1 aromatic rings. The first kappa shape index (κ1) is 11.7. The lowest BCUT2D eigenvalue weighted by Gasteiger charge is -2.15. The third-order valence-electron chi connectivity index (χ3n) is 1.86. The zero-order valence-electron chi connectivity index (χ0n) is 7.97. The van der Waals surface area contributed by atoms with Gasteiger partial charge in [0.2, 0.25) is 0 Å². The van der Waals surface area contributed by atoms with Crippen molar-refractivity contribution >= 4 is 17.3 Å². The topological polar surface area (TPSA) is 35.8 Å². The number of benzene rings is 1. The van der Waals surface area contributed by atoms with Gasteiger partial charge in [0.25, 0.3) is 6.43 Å². The van der Waals surface area contributed by atoms with Crippen molar-refractivity contribution in [1.29, 1.82) is 5.26 Å². The molecule has 1 atom stereocenters. The molecule has 0 saturated heterocycles. The second-order valence-corrected chi connectivity index (χ2v) is 3.48. The minimum absolute atomic E-state index is 0.321. The predicted molar refractivity (Wildman–Crippen MR) is 55.3 cm³/mol. The molecule has 0 aliphatic rings. The molecule has 15 heavy (non-hydrogen) atoms. The highest BCUT2D eigenvalue weighted by Crippen LogP contribution is 2.24. The third kappa shape index (κ3) is 3.07. The van der Waals surface area contributed by atoms with Crippen LogP contribution in [0.15, 0.2) is 18.2 Å². The van der Waals surface area contributed by atoms with E-state index in [-0.39, 0.29) is 0 Å². The lowest BCUT2D eigenvalue weighted by atomic mass is 10.2. The summed E-state index contributed by atoms with van der Waals surface area (Å²) >= 11 is 5.79. The third-order valence-corrected chi connectivity index (χ3v) is 2.19. The van der Waals surface area contributed by atoms with Crippen LogP contribution in [0.1, 0.15) is 12.5 Å². The summed E-state index contributed by atoms with van der Waals surface area (Å²) in [5.41, 5.74) is 0.729. The molecule has 1 rings (SSSR count). The molecular formula is C10H9ClF2N2. The van der Waals surface area contributed by atoms with Crippen LogP contribution in [0.5, 0.6) is 0 Å². The normalized spacial score (nSPS) is 12.3. The van der Waals surface area contributed by atoms with E-state index in [1.54, 1.807) is 0 Å². The molecule has 0 heterocycles. The fourth-order valence-corrected chi connectivity index (χ4v) is 1.19. The maximum atomic E-state index is 12.3. The lowest BCUT2D eigenvalue weighted by Crippen LogP contribution is -2.23. The molecule has 1 aromatic carbocycles. The van der Waals surface area contributed by atoms with E-state index < -0.39 is 12.5 Å². The van der Waals surface area contributed by atoms with Gasteiger partial charge in [0, 0.05) is 0 Å². The average molecular weight is 231 g/mol. The molecular weight excluding hydrogens is 222 g/mol. The molecule has 0 aliphatic heterocycles. The number of alkyl halides is 2. The van der Waals surface area contributed by atoms with E-state index in [0.29, 0.717) is 16.3 Å². The Bertz CT molecular complexity index is 387. The van der Waals surface area contributed by atoms with Crippen molar-refractivity contribution in [1.82, 2.24) is 0 Å². The molecule has 80 valence electrons. The van der Waals surface area contributed by atoms with Crippen LogP contribution in [0, 0.1) is 11.3 Å². The predicted octanol–water partition coefficient (Wildman–Crippen LogP) is 3.28. The smallest absolute Gasteiger partial charge is 0.258 e. The maximum Gasteiger partial charge on any atom is 0.258 e. The van der Waals surface area contributed by atoms with E-state index in [0.717, 1.165) is 0 Å². The summed E-state index contributed by atoms with van der Waals surface area (Å²) in [5.74, 6) is 0. The highest BCUT2D eigenvalue weighted by Gasteiger charge is 2.15. The van der Waals surface area contributed by atoms with E-state index >= 15 is 0 Å². The van der Waals surface area contributed by atoms with Crippen molar-refractivity contribution in [2.75, 3.05) is 5.32 Å². The Kier molecular flexibility index (Phi) is 3.87. The Hall–Kier alpha value is -1.34.